The van der Waals surface area contributed by atoms with Crippen LogP contribution in [0.15, 0.2) is 54.7 Å². The van der Waals surface area contributed by atoms with Gasteiger partial charge in [0.25, 0.3) is 5.91 Å². The Bertz CT molecular complexity index is 995. The van der Waals surface area contributed by atoms with Gasteiger partial charge in [-0.2, -0.15) is 0 Å². The van der Waals surface area contributed by atoms with Crippen molar-refractivity contribution in [3.63, 3.8) is 0 Å². The Morgan fingerprint density at radius 1 is 1.15 bits per heavy atom. The number of pyridine rings is 1. The number of anilines is 3. The van der Waals surface area contributed by atoms with Gasteiger partial charge in [0, 0.05) is 22.8 Å². The lowest BCUT2D eigenvalue weighted by molar-refractivity contribution is 0.102. The smallest absolute Gasteiger partial charge is 0.255 e. The van der Waals surface area contributed by atoms with E-state index in [1.807, 2.05) is 13.0 Å². The Hall–Kier alpha value is -3.12. The number of carbonyl (C=O) groups excluding carboxylic acids is 1. The number of rotatable bonds is 5. The van der Waals surface area contributed by atoms with Gasteiger partial charge < -0.3 is 15.4 Å². The number of methoxy groups -OCH3 is 1. The summed E-state index contributed by atoms with van der Waals surface area (Å²) < 4.78 is 19.0. The quantitative estimate of drug-likeness (QED) is 0.634. The van der Waals surface area contributed by atoms with Crippen molar-refractivity contribution in [2.75, 3.05) is 17.7 Å². The molecule has 0 unspecified atom stereocenters. The molecule has 0 saturated carbocycles. The third-order valence-corrected chi connectivity index (χ3v) is 4.29. The first-order chi connectivity index (χ1) is 13.0. The summed E-state index contributed by atoms with van der Waals surface area (Å²) in [6.07, 6.45) is 1.49. The lowest BCUT2D eigenvalue weighted by Crippen LogP contribution is -2.13. The van der Waals surface area contributed by atoms with E-state index in [2.05, 4.69) is 15.6 Å². The van der Waals surface area contributed by atoms with Crippen LogP contribution >= 0.6 is 11.6 Å². The van der Waals surface area contributed by atoms with Crippen LogP contribution in [0.1, 0.15) is 15.9 Å². The van der Waals surface area contributed by atoms with E-state index in [-0.39, 0.29) is 5.69 Å². The minimum Gasteiger partial charge on any atom is -0.495 e. The first kappa shape index (κ1) is 18.7. The summed E-state index contributed by atoms with van der Waals surface area (Å²) in [5.41, 5.74) is 1.98. The monoisotopic (exact) mass is 385 g/mol. The Morgan fingerprint density at radius 2 is 1.93 bits per heavy atom. The van der Waals surface area contributed by atoms with Crippen molar-refractivity contribution in [1.29, 1.82) is 0 Å². The van der Waals surface area contributed by atoms with Gasteiger partial charge in [0.05, 0.1) is 18.5 Å². The van der Waals surface area contributed by atoms with Gasteiger partial charge in [-0.05, 0) is 42.8 Å². The van der Waals surface area contributed by atoms with Crippen LogP contribution in [0.4, 0.5) is 21.6 Å². The van der Waals surface area contributed by atoms with E-state index in [1.54, 1.807) is 30.3 Å². The van der Waals surface area contributed by atoms with Gasteiger partial charge in [-0.25, -0.2) is 9.37 Å². The maximum absolute atomic E-state index is 13.7. The third kappa shape index (κ3) is 4.35. The average Bonchev–Trinajstić information content (AvgIpc) is 2.66. The van der Waals surface area contributed by atoms with Gasteiger partial charge in [0.2, 0.25) is 0 Å². The van der Waals surface area contributed by atoms with E-state index in [9.17, 15) is 9.18 Å². The highest BCUT2D eigenvalue weighted by atomic mass is 35.5. The van der Waals surface area contributed by atoms with Crippen molar-refractivity contribution in [3.05, 3.63) is 76.7 Å². The van der Waals surface area contributed by atoms with Crippen molar-refractivity contribution in [3.8, 4) is 5.75 Å². The predicted octanol–water partition coefficient (Wildman–Crippen LogP) is 5.19. The molecule has 0 aliphatic heterocycles. The average molecular weight is 386 g/mol. The van der Waals surface area contributed by atoms with Crippen LogP contribution in [0.3, 0.4) is 0 Å². The highest BCUT2D eigenvalue weighted by Crippen LogP contribution is 2.32. The summed E-state index contributed by atoms with van der Waals surface area (Å²) in [4.78, 5) is 16.6. The van der Waals surface area contributed by atoms with Gasteiger partial charge in [0.15, 0.2) is 0 Å². The Balaban J connectivity index is 1.83. The molecule has 3 rings (SSSR count). The number of carbonyl (C=O) groups is 1. The standard InChI is InChI=1S/C20H17ClFN3O2/c1-12-9-17(18(27-2)11-14(12)21)24-19-10-13(7-8-23-19)20(26)25-16-6-4-3-5-15(16)22/h3-11H,1-2H3,(H,23,24)(H,25,26). The molecular formula is C20H17ClFN3O2. The number of hydrogen-bond acceptors (Lipinski definition) is 4. The number of halogens is 2. The van der Waals surface area contributed by atoms with Crippen LogP contribution in [-0.2, 0) is 0 Å². The molecular weight excluding hydrogens is 369 g/mol. The molecule has 1 amide bonds. The first-order valence-corrected chi connectivity index (χ1v) is 8.49. The third-order valence-electron chi connectivity index (χ3n) is 3.89. The molecule has 0 aliphatic carbocycles. The SMILES string of the molecule is COc1cc(Cl)c(C)cc1Nc1cc(C(=O)Nc2ccccc2F)ccn1. The predicted molar refractivity (Wildman–Crippen MR) is 105 cm³/mol. The Morgan fingerprint density at radius 3 is 2.67 bits per heavy atom. The van der Waals surface area contributed by atoms with E-state index in [1.165, 1.54) is 25.4 Å². The number of para-hydroxylation sites is 1. The number of ether oxygens (including phenoxy) is 1. The minimum absolute atomic E-state index is 0.115. The zero-order chi connectivity index (χ0) is 19.4. The topological polar surface area (TPSA) is 63.2 Å². The second-order valence-electron chi connectivity index (χ2n) is 5.79. The van der Waals surface area contributed by atoms with Crippen molar-refractivity contribution in [1.82, 2.24) is 4.98 Å². The first-order valence-electron chi connectivity index (χ1n) is 8.11. The lowest BCUT2D eigenvalue weighted by Gasteiger charge is -2.13. The zero-order valence-electron chi connectivity index (χ0n) is 14.7. The highest BCUT2D eigenvalue weighted by Gasteiger charge is 2.12. The number of aromatic nitrogens is 1. The molecule has 1 heterocycles. The zero-order valence-corrected chi connectivity index (χ0v) is 15.5. The van der Waals surface area contributed by atoms with Gasteiger partial charge in [-0.3, -0.25) is 4.79 Å². The molecule has 0 radical (unpaired) electrons. The van der Waals surface area contributed by atoms with Crippen molar-refractivity contribution in [2.24, 2.45) is 0 Å². The van der Waals surface area contributed by atoms with E-state index in [4.69, 9.17) is 16.3 Å². The molecule has 0 bridgehead atoms. The molecule has 2 N–H and O–H groups in total. The molecule has 0 fully saturated rings. The van der Waals surface area contributed by atoms with Crippen LogP contribution < -0.4 is 15.4 Å². The molecule has 0 aliphatic rings. The molecule has 0 saturated heterocycles. The molecule has 138 valence electrons. The van der Waals surface area contributed by atoms with Crippen molar-refractivity contribution in [2.45, 2.75) is 6.92 Å². The fraction of sp³-hybridized carbons (Fsp3) is 0.100. The normalized spacial score (nSPS) is 10.4. The van der Waals surface area contributed by atoms with Gasteiger partial charge in [-0.15, -0.1) is 0 Å². The second kappa shape index (κ2) is 8.05. The fourth-order valence-corrected chi connectivity index (χ4v) is 2.62. The summed E-state index contributed by atoms with van der Waals surface area (Å²) in [6, 6.07) is 12.6. The maximum atomic E-state index is 13.7. The molecule has 0 atom stereocenters. The van der Waals surface area contributed by atoms with E-state index in [0.717, 1.165) is 5.56 Å². The molecule has 3 aromatic rings. The van der Waals surface area contributed by atoms with Crippen LogP contribution in [0.25, 0.3) is 0 Å². The summed E-state index contributed by atoms with van der Waals surface area (Å²) in [6.45, 7) is 1.87. The minimum atomic E-state index is -0.500. The fourth-order valence-electron chi connectivity index (χ4n) is 2.47. The van der Waals surface area contributed by atoms with Crippen LogP contribution in [0.5, 0.6) is 5.75 Å². The van der Waals surface area contributed by atoms with Crippen LogP contribution in [0.2, 0.25) is 5.02 Å². The van der Waals surface area contributed by atoms with Crippen molar-refractivity contribution >= 4 is 34.7 Å². The number of nitrogens with one attached hydrogen (secondary N) is 2. The van der Waals surface area contributed by atoms with E-state index < -0.39 is 11.7 Å². The number of nitrogens with zero attached hydrogens (tertiary/aromatic N) is 1. The largest absolute Gasteiger partial charge is 0.495 e. The molecule has 2 aromatic carbocycles. The molecule has 1 aromatic heterocycles. The number of amides is 1. The second-order valence-corrected chi connectivity index (χ2v) is 6.20. The van der Waals surface area contributed by atoms with Gasteiger partial charge in [-0.1, -0.05) is 23.7 Å². The summed E-state index contributed by atoms with van der Waals surface area (Å²) in [5, 5.41) is 6.24. The summed E-state index contributed by atoms with van der Waals surface area (Å²) >= 11 is 6.12. The van der Waals surface area contributed by atoms with Crippen LogP contribution in [-0.4, -0.2) is 18.0 Å². The summed E-state index contributed by atoms with van der Waals surface area (Å²) in [7, 11) is 1.54. The maximum Gasteiger partial charge on any atom is 0.255 e. The molecule has 7 heteroatoms. The van der Waals surface area contributed by atoms with Gasteiger partial charge >= 0.3 is 0 Å². The van der Waals surface area contributed by atoms with Crippen molar-refractivity contribution < 1.29 is 13.9 Å². The summed E-state index contributed by atoms with van der Waals surface area (Å²) in [5.74, 6) is 0.0502. The molecule has 27 heavy (non-hydrogen) atoms. The number of benzene rings is 2. The van der Waals surface area contributed by atoms with E-state index in [0.29, 0.717) is 27.8 Å². The Labute approximate surface area is 161 Å². The Kier molecular flexibility index (Phi) is 5.57. The highest BCUT2D eigenvalue weighted by molar-refractivity contribution is 6.31. The lowest BCUT2D eigenvalue weighted by atomic mass is 10.2. The number of hydrogen-bond donors (Lipinski definition) is 2. The molecule has 0 spiro atoms. The molecule has 5 nitrogen and oxygen atoms in total. The van der Waals surface area contributed by atoms with E-state index >= 15 is 0 Å². The number of aryl methyl sites for hydroxylation is 1. The van der Waals surface area contributed by atoms with Crippen LogP contribution in [0, 0.1) is 12.7 Å². The van der Waals surface area contributed by atoms with Gasteiger partial charge in [0.1, 0.15) is 17.4 Å².